The Hall–Kier alpha value is -3.19. The third-order valence-electron chi connectivity index (χ3n) is 5.44. The quantitative estimate of drug-likeness (QED) is 0.233. The van der Waals surface area contributed by atoms with E-state index < -0.39 is 0 Å². The van der Waals surface area contributed by atoms with Crippen LogP contribution in [0, 0.1) is 6.92 Å². The van der Waals surface area contributed by atoms with Crippen molar-refractivity contribution in [3.63, 3.8) is 0 Å². The third-order valence-corrected chi connectivity index (χ3v) is 6.03. The molecule has 2 aromatic heterocycles. The highest BCUT2D eigenvalue weighted by Crippen LogP contribution is 2.39. The second kappa shape index (κ2) is 9.12. The maximum Gasteiger partial charge on any atom is 0.338 e. The van der Waals surface area contributed by atoms with Gasteiger partial charge in [-0.25, -0.2) is 9.78 Å². The van der Waals surface area contributed by atoms with Crippen molar-refractivity contribution < 1.29 is 18.7 Å². The van der Waals surface area contributed by atoms with Gasteiger partial charge >= 0.3 is 5.97 Å². The Bertz CT molecular complexity index is 1320. The summed E-state index contributed by atoms with van der Waals surface area (Å²) in [4.78, 5) is 28.6. The molecular weight excluding hydrogens is 472 g/mol. The van der Waals surface area contributed by atoms with Crippen molar-refractivity contribution in [2.75, 3.05) is 6.61 Å². The van der Waals surface area contributed by atoms with Gasteiger partial charge in [-0.1, -0.05) is 37.3 Å². The van der Waals surface area contributed by atoms with Gasteiger partial charge in [-0.15, -0.1) is 0 Å². The predicted molar refractivity (Wildman–Crippen MR) is 126 cm³/mol. The van der Waals surface area contributed by atoms with E-state index in [0.29, 0.717) is 40.4 Å². The molecule has 0 bridgehead atoms. The number of aldehydes is 1. The maximum absolute atomic E-state index is 12.4. The van der Waals surface area contributed by atoms with Crippen LogP contribution in [0.25, 0.3) is 22.1 Å². The van der Waals surface area contributed by atoms with Gasteiger partial charge in [0.15, 0.2) is 11.0 Å². The highest BCUT2D eigenvalue weighted by Gasteiger charge is 2.21. The molecule has 7 heteroatoms. The average molecular weight is 495 g/mol. The van der Waals surface area contributed by atoms with E-state index in [4.69, 9.17) is 9.15 Å². The van der Waals surface area contributed by atoms with Crippen LogP contribution in [0.15, 0.2) is 51.6 Å². The molecule has 0 saturated heterocycles. The van der Waals surface area contributed by atoms with Gasteiger partial charge in [0.2, 0.25) is 0 Å². The number of aryl methyl sites for hydroxylation is 2. The van der Waals surface area contributed by atoms with Gasteiger partial charge in [-0.05, 0) is 47.5 Å². The van der Waals surface area contributed by atoms with Crippen LogP contribution >= 0.6 is 15.9 Å². The van der Waals surface area contributed by atoms with Gasteiger partial charge in [-0.3, -0.25) is 4.79 Å². The Labute approximate surface area is 194 Å². The van der Waals surface area contributed by atoms with Crippen LogP contribution in [-0.4, -0.2) is 28.4 Å². The largest absolute Gasteiger partial charge is 0.462 e. The number of esters is 1. The molecule has 4 rings (SSSR count). The minimum absolute atomic E-state index is 0.301. The number of imidazole rings is 1. The zero-order chi connectivity index (χ0) is 22.8. The van der Waals surface area contributed by atoms with E-state index in [2.05, 4.69) is 20.9 Å². The summed E-state index contributed by atoms with van der Waals surface area (Å²) in [7, 11) is 0. The van der Waals surface area contributed by atoms with Crippen LogP contribution in [0.4, 0.5) is 0 Å². The molecule has 0 aliphatic carbocycles. The number of hydrogen-bond acceptors (Lipinski definition) is 5. The number of ether oxygens (including phenoxy) is 1. The first-order chi connectivity index (χ1) is 15.5. The number of carbonyl (C=O) groups is 2. The molecule has 2 heterocycles. The summed E-state index contributed by atoms with van der Waals surface area (Å²) in [6.07, 6.45) is 1.60. The first-order valence-corrected chi connectivity index (χ1v) is 11.3. The molecule has 0 aliphatic heterocycles. The van der Waals surface area contributed by atoms with Crippen LogP contribution in [0.3, 0.4) is 0 Å². The van der Waals surface area contributed by atoms with Gasteiger partial charge in [0.1, 0.15) is 17.3 Å². The zero-order valence-electron chi connectivity index (χ0n) is 18.1. The van der Waals surface area contributed by atoms with Crippen molar-refractivity contribution in [3.05, 3.63) is 75.5 Å². The third kappa shape index (κ3) is 3.88. The number of benzene rings is 2. The Balaban J connectivity index is 1.78. The number of carbonyl (C=O) groups excluding carboxylic acids is 2. The summed E-state index contributed by atoms with van der Waals surface area (Å²) in [5.41, 5.74) is 3.48. The fourth-order valence-electron chi connectivity index (χ4n) is 3.94. The van der Waals surface area contributed by atoms with Crippen molar-refractivity contribution in [2.45, 2.75) is 33.7 Å². The fraction of sp³-hybridized carbons (Fsp3) is 0.240. The second-order valence-corrected chi connectivity index (χ2v) is 8.13. The van der Waals surface area contributed by atoms with Crippen LogP contribution in [0.2, 0.25) is 0 Å². The summed E-state index contributed by atoms with van der Waals surface area (Å²) in [6.45, 7) is 6.48. The lowest BCUT2D eigenvalue weighted by Crippen LogP contribution is -2.08. The van der Waals surface area contributed by atoms with E-state index in [-0.39, 0.29) is 5.97 Å². The molecule has 32 heavy (non-hydrogen) atoms. The van der Waals surface area contributed by atoms with E-state index >= 15 is 0 Å². The molecule has 6 nitrogen and oxygen atoms in total. The molecule has 0 saturated carbocycles. The number of furan rings is 1. The van der Waals surface area contributed by atoms with Crippen molar-refractivity contribution in [3.8, 4) is 11.3 Å². The van der Waals surface area contributed by atoms with Gasteiger partial charge in [0.25, 0.3) is 0 Å². The molecule has 2 aromatic carbocycles. The molecule has 0 amide bonds. The van der Waals surface area contributed by atoms with Gasteiger partial charge in [0.05, 0.1) is 17.9 Å². The Kier molecular flexibility index (Phi) is 6.28. The Morgan fingerprint density at radius 1 is 1.19 bits per heavy atom. The number of hydrogen-bond donors (Lipinski definition) is 0. The van der Waals surface area contributed by atoms with Crippen molar-refractivity contribution in [1.82, 2.24) is 9.55 Å². The van der Waals surface area contributed by atoms with E-state index in [1.165, 1.54) is 0 Å². The first-order valence-electron chi connectivity index (χ1n) is 10.5. The van der Waals surface area contributed by atoms with Crippen LogP contribution < -0.4 is 0 Å². The fourth-order valence-corrected chi connectivity index (χ4v) is 4.43. The average Bonchev–Trinajstić information content (AvgIpc) is 3.29. The minimum Gasteiger partial charge on any atom is -0.462 e. The molecule has 4 aromatic rings. The number of fused-ring (bicyclic) bond motifs is 1. The van der Waals surface area contributed by atoms with E-state index in [9.17, 15) is 9.59 Å². The zero-order valence-corrected chi connectivity index (χ0v) is 19.7. The smallest absolute Gasteiger partial charge is 0.338 e. The number of rotatable bonds is 7. The summed E-state index contributed by atoms with van der Waals surface area (Å²) in [5, 5.41) is 1.77. The molecule has 164 valence electrons. The van der Waals surface area contributed by atoms with Crippen LogP contribution in [0.1, 0.15) is 51.8 Å². The van der Waals surface area contributed by atoms with Crippen LogP contribution in [-0.2, 0) is 17.7 Å². The highest BCUT2D eigenvalue weighted by atomic mass is 79.9. The van der Waals surface area contributed by atoms with Crippen LogP contribution in [0.5, 0.6) is 0 Å². The minimum atomic E-state index is -0.385. The Morgan fingerprint density at radius 2 is 1.97 bits per heavy atom. The predicted octanol–water partition coefficient (Wildman–Crippen LogP) is 5.97. The van der Waals surface area contributed by atoms with E-state index in [1.54, 1.807) is 19.1 Å². The summed E-state index contributed by atoms with van der Waals surface area (Å²) < 4.78 is 13.8. The van der Waals surface area contributed by atoms with Crippen molar-refractivity contribution in [2.24, 2.45) is 0 Å². The number of aromatic nitrogens is 2. The molecule has 0 unspecified atom stereocenters. The van der Waals surface area contributed by atoms with Gasteiger partial charge in [-0.2, -0.15) is 0 Å². The summed E-state index contributed by atoms with van der Waals surface area (Å²) >= 11 is 3.53. The van der Waals surface area contributed by atoms with Gasteiger partial charge < -0.3 is 13.7 Å². The van der Waals surface area contributed by atoms with E-state index in [0.717, 1.165) is 40.6 Å². The molecule has 0 radical (unpaired) electrons. The number of halogens is 1. The molecular formula is C25H23BrN2O4. The highest BCUT2D eigenvalue weighted by molar-refractivity contribution is 9.10. The van der Waals surface area contributed by atoms with E-state index in [1.807, 2.05) is 48.7 Å². The van der Waals surface area contributed by atoms with Gasteiger partial charge in [0, 0.05) is 29.3 Å². The molecule has 0 aliphatic rings. The number of nitrogens with zero attached hydrogens (tertiary/aromatic N) is 2. The monoisotopic (exact) mass is 494 g/mol. The second-order valence-electron chi connectivity index (χ2n) is 7.41. The normalized spacial score (nSPS) is 11.1. The molecule has 0 N–H and O–H groups in total. The molecule has 0 atom stereocenters. The topological polar surface area (TPSA) is 74.3 Å². The first kappa shape index (κ1) is 22.0. The van der Waals surface area contributed by atoms with Crippen molar-refractivity contribution >= 4 is 39.0 Å². The lowest BCUT2D eigenvalue weighted by molar-refractivity contribution is 0.0527. The Morgan fingerprint density at radius 3 is 2.69 bits per heavy atom. The lowest BCUT2D eigenvalue weighted by Gasteiger charge is -2.09. The maximum atomic E-state index is 12.4. The standard InChI is InChI=1S/C25H23BrN2O4/c1-4-22-27-15(3)21(14-29)28(22)13-16-10-11-18-20(12-16)24(26)32-23(18)17-8-6-7-9-19(17)25(30)31-5-2/h6-12,14H,4-5,13H2,1-3H3. The lowest BCUT2D eigenvalue weighted by atomic mass is 10.0. The SMILES string of the molecule is CCOC(=O)c1ccccc1-c1oc(Br)c2cc(Cn3c(CC)nc(C)c3C=O)ccc12. The van der Waals surface area contributed by atoms with Crippen molar-refractivity contribution in [1.29, 1.82) is 0 Å². The molecule has 0 spiro atoms. The summed E-state index contributed by atoms with van der Waals surface area (Å²) in [6, 6.07) is 13.3. The summed E-state index contributed by atoms with van der Waals surface area (Å²) in [5.74, 6) is 1.09. The molecule has 0 fully saturated rings.